The predicted molar refractivity (Wildman–Crippen MR) is 84.8 cm³/mol. The first-order chi connectivity index (χ1) is 10.9. The molecule has 0 radical (unpaired) electrons. The van der Waals surface area contributed by atoms with Crippen LogP contribution in [-0.4, -0.2) is 71.2 Å². The number of nitrogens with zero attached hydrogens (tertiary/aromatic N) is 3. The summed E-state index contributed by atoms with van der Waals surface area (Å²) >= 11 is 0. The molecule has 2 aliphatic rings. The van der Waals surface area contributed by atoms with Crippen LogP contribution in [-0.2, 0) is 9.59 Å². The molecule has 2 saturated heterocycles. The van der Waals surface area contributed by atoms with Crippen LogP contribution in [0.2, 0.25) is 0 Å². The summed E-state index contributed by atoms with van der Waals surface area (Å²) in [6.07, 6.45) is 0. The van der Waals surface area contributed by atoms with Gasteiger partial charge in [0.1, 0.15) is 12.1 Å². The van der Waals surface area contributed by atoms with Crippen molar-refractivity contribution in [3.8, 4) is 0 Å². The Morgan fingerprint density at radius 1 is 1.09 bits per heavy atom. The first-order valence-electron chi connectivity index (χ1n) is 7.83. The maximum atomic E-state index is 12.6. The molecule has 2 fully saturated rings. The molecule has 2 atom stereocenters. The van der Waals surface area contributed by atoms with Crippen LogP contribution in [0.1, 0.15) is 22.8 Å². The Morgan fingerprint density at radius 3 is 2.39 bits per heavy atom. The Labute approximate surface area is 135 Å². The smallest absolute Gasteiger partial charge is 0.253 e. The van der Waals surface area contributed by atoms with E-state index in [0.29, 0.717) is 18.7 Å². The van der Waals surface area contributed by atoms with Gasteiger partial charge in [0.2, 0.25) is 11.8 Å². The number of rotatable bonds is 1. The summed E-state index contributed by atoms with van der Waals surface area (Å²) in [6.45, 7) is 4.83. The van der Waals surface area contributed by atoms with E-state index in [0.717, 1.165) is 5.56 Å². The zero-order chi connectivity index (χ0) is 16.7. The minimum Gasteiger partial charge on any atom is -0.334 e. The molecule has 3 rings (SSSR count). The summed E-state index contributed by atoms with van der Waals surface area (Å²) in [7, 11) is 1.64. The van der Waals surface area contributed by atoms with Crippen LogP contribution in [0, 0.1) is 6.92 Å². The normalized spacial score (nSPS) is 24.7. The number of amides is 3. The number of fused-ring (bicyclic) bond motifs is 1. The molecule has 6 heteroatoms. The standard InChI is InChI=1S/C17H21N3O3/c1-11-4-6-13(7-5-11)16(22)19-8-9-20-14(10-19)17(23)18(3)12(2)15(20)21/h4-7,12,14H,8-10H2,1-3H3/t12-,14+/m0/s1. The minimum atomic E-state index is -0.563. The van der Waals surface area contributed by atoms with Crippen molar-refractivity contribution in [2.75, 3.05) is 26.7 Å². The van der Waals surface area contributed by atoms with E-state index in [2.05, 4.69) is 0 Å². The van der Waals surface area contributed by atoms with Crippen molar-refractivity contribution >= 4 is 17.7 Å². The number of aryl methyl sites for hydroxylation is 1. The van der Waals surface area contributed by atoms with Gasteiger partial charge in [-0.2, -0.15) is 0 Å². The molecule has 0 N–H and O–H groups in total. The van der Waals surface area contributed by atoms with Gasteiger partial charge in [0.05, 0.1) is 6.54 Å². The van der Waals surface area contributed by atoms with Gasteiger partial charge in [-0.3, -0.25) is 14.4 Å². The van der Waals surface area contributed by atoms with Gasteiger partial charge in [0.25, 0.3) is 5.91 Å². The fraction of sp³-hybridized carbons (Fsp3) is 0.471. The van der Waals surface area contributed by atoms with Gasteiger partial charge in [-0.15, -0.1) is 0 Å². The molecule has 3 amide bonds. The van der Waals surface area contributed by atoms with Crippen LogP contribution in [0.3, 0.4) is 0 Å². The molecule has 0 unspecified atom stereocenters. The molecular weight excluding hydrogens is 294 g/mol. The lowest BCUT2D eigenvalue weighted by atomic mass is 10.0. The Morgan fingerprint density at radius 2 is 1.74 bits per heavy atom. The van der Waals surface area contributed by atoms with Crippen molar-refractivity contribution in [3.63, 3.8) is 0 Å². The van der Waals surface area contributed by atoms with Crippen LogP contribution in [0.15, 0.2) is 24.3 Å². The Kier molecular flexibility index (Phi) is 3.83. The van der Waals surface area contributed by atoms with E-state index in [9.17, 15) is 14.4 Å². The van der Waals surface area contributed by atoms with Gasteiger partial charge in [-0.05, 0) is 26.0 Å². The van der Waals surface area contributed by atoms with E-state index in [1.165, 1.54) is 4.90 Å². The van der Waals surface area contributed by atoms with E-state index in [4.69, 9.17) is 0 Å². The lowest BCUT2D eigenvalue weighted by molar-refractivity contribution is -0.162. The molecule has 0 saturated carbocycles. The van der Waals surface area contributed by atoms with Gasteiger partial charge >= 0.3 is 0 Å². The van der Waals surface area contributed by atoms with Crippen molar-refractivity contribution in [3.05, 3.63) is 35.4 Å². The van der Waals surface area contributed by atoms with Gasteiger partial charge in [-0.25, -0.2) is 0 Å². The largest absolute Gasteiger partial charge is 0.334 e. The maximum absolute atomic E-state index is 12.6. The predicted octanol–water partition coefficient (Wildman–Crippen LogP) is 0.509. The summed E-state index contributed by atoms with van der Waals surface area (Å²) in [4.78, 5) is 42.2. The van der Waals surface area contributed by atoms with E-state index in [-0.39, 0.29) is 24.3 Å². The highest BCUT2D eigenvalue weighted by atomic mass is 16.2. The second kappa shape index (κ2) is 5.68. The third-order valence-corrected chi connectivity index (χ3v) is 4.82. The van der Waals surface area contributed by atoms with Crippen molar-refractivity contribution in [2.45, 2.75) is 25.9 Å². The number of hydrogen-bond donors (Lipinski definition) is 0. The third-order valence-electron chi connectivity index (χ3n) is 4.82. The fourth-order valence-electron chi connectivity index (χ4n) is 3.15. The molecule has 122 valence electrons. The first kappa shape index (κ1) is 15.5. The Bertz CT molecular complexity index is 656. The molecule has 23 heavy (non-hydrogen) atoms. The molecule has 1 aromatic rings. The summed E-state index contributed by atoms with van der Waals surface area (Å²) < 4.78 is 0. The minimum absolute atomic E-state index is 0.0421. The van der Waals surface area contributed by atoms with E-state index < -0.39 is 12.1 Å². The number of hydrogen-bond acceptors (Lipinski definition) is 3. The van der Waals surface area contributed by atoms with Crippen molar-refractivity contribution in [1.29, 1.82) is 0 Å². The van der Waals surface area contributed by atoms with Crippen LogP contribution >= 0.6 is 0 Å². The van der Waals surface area contributed by atoms with Gasteiger partial charge in [0.15, 0.2) is 0 Å². The van der Waals surface area contributed by atoms with E-state index >= 15 is 0 Å². The Hall–Kier alpha value is -2.37. The Balaban J connectivity index is 1.79. The average molecular weight is 315 g/mol. The molecule has 0 aromatic heterocycles. The number of likely N-dealkylation sites (N-methyl/N-ethyl adjacent to an activating group) is 1. The second-order valence-electron chi connectivity index (χ2n) is 6.29. The highest BCUT2D eigenvalue weighted by molar-refractivity contribution is 5.99. The number of benzene rings is 1. The van der Waals surface area contributed by atoms with E-state index in [1.54, 1.807) is 35.9 Å². The average Bonchev–Trinajstić information content (AvgIpc) is 2.57. The lowest BCUT2D eigenvalue weighted by Crippen LogP contribution is -2.69. The monoisotopic (exact) mass is 315 g/mol. The van der Waals surface area contributed by atoms with Crippen molar-refractivity contribution < 1.29 is 14.4 Å². The lowest BCUT2D eigenvalue weighted by Gasteiger charge is -2.47. The summed E-state index contributed by atoms with van der Waals surface area (Å²) in [6, 6.07) is 6.39. The molecule has 2 heterocycles. The number of piperazine rings is 2. The fourth-order valence-corrected chi connectivity index (χ4v) is 3.15. The third kappa shape index (κ3) is 2.58. The molecule has 2 aliphatic heterocycles. The number of carbonyl (C=O) groups is 3. The van der Waals surface area contributed by atoms with Crippen LogP contribution in [0.25, 0.3) is 0 Å². The molecular formula is C17H21N3O3. The molecule has 0 bridgehead atoms. The quantitative estimate of drug-likeness (QED) is 0.758. The van der Waals surface area contributed by atoms with Gasteiger partial charge in [0, 0.05) is 25.7 Å². The van der Waals surface area contributed by atoms with Crippen LogP contribution < -0.4 is 0 Å². The van der Waals surface area contributed by atoms with Crippen LogP contribution in [0.4, 0.5) is 0 Å². The summed E-state index contributed by atoms with van der Waals surface area (Å²) in [5.74, 6) is -0.232. The number of carbonyl (C=O) groups excluding carboxylic acids is 3. The first-order valence-corrected chi connectivity index (χ1v) is 7.83. The maximum Gasteiger partial charge on any atom is 0.253 e. The topological polar surface area (TPSA) is 60.9 Å². The van der Waals surface area contributed by atoms with Gasteiger partial charge < -0.3 is 14.7 Å². The molecule has 6 nitrogen and oxygen atoms in total. The van der Waals surface area contributed by atoms with Crippen LogP contribution in [0.5, 0.6) is 0 Å². The zero-order valence-corrected chi connectivity index (χ0v) is 13.7. The second-order valence-corrected chi connectivity index (χ2v) is 6.29. The van der Waals surface area contributed by atoms with E-state index in [1.807, 2.05) is 19.1 Å². The molecule has 0 spiro atoms. The van der Waals surface area contributed by atoms with Crippen molar-refractivity contribution in [1.82, 2.24) is 14.7 Å². The summed E-state index contributed by atoms with van der Waals surface area (Å²) in [5, 5.41) is 0. The highest BCUT2D eigenvalue weighted by Gasteiger charge is 2.45. The van der Waals surface area contributed by atoms with Gasteiger partial charge in [-0.1, -0.05) is 17.7 Å². The highest BCUT2D eigenvalue weighted by Crippen LogP contribution is 2.22. The molecule has 1 aromatic carbocycles. The molecule has 0 aliphatic carbocycles. The summed E-state index contributed by atoms with van der Waals surface area (Å²) in [5.41, 5.74) is 1.70. The SMILES string of the molecule is Cc1ccc(C(=O)N2CCN3C(=O)[C@H](C)N(C)C(=O)[C@H]3C2)cc1. The van der Waals surface area contributed by atoms with Crippen molar-refractivity contribution in [2.24, 2.45) is 0 Å². The zero-order valence-electron chi connectivity index (χ0n) is 13.7.